The standard InChI is InChI=1S/C23H27N3O2S/c1-4-17(3)29-20-10-11-21(16(2)14-20)26-23(27)24-13-12-19-15-28-22(25-19)18-8-6-5-7-9-18/h5-11,14-15,17H,4,12-13H2,1-3H3,(H2,24,26,27). The maximum atomic E-state index is 12.2. The minimum atomic E-state index is -0.220. The molecule has 6 heteroatoms. The minimum Gasteiger partial charge on any atom is -0.444 e. The van der Waals surface area contributed by atoms with Crippen LogP contribution < -0.4 is 10.6 Å². The number of anilines is 1. The number of carbonyl (C=O) groups is 1. The lowest BCUT2D eigenvalue weighted by atomic mass is 10.2. The summed E-state index contributed by atoms with van der Waals surface area (Å²) in [5.41, 5.74) is 3.63. The summed E-state index contributed by atoms with van der Waals surface area (Å²) in [7, 11) is 0. The molecule has 1 heterocycles. The van der Waals surface area contributed by atoms with E-state index in [4.69, 9.17) is 4.42 Å². The van der Waals surface area contributed by atoms with E-state index >= 15 is 0 Å². The molecule has 1 unspecified atom stereocenters. The van der Waals surface area contributed by atoms with Gasteiger partial charge in [0.15, 0.2) is 0 Å². The van der Waals surface area contributed by atoms with E-state index in [1.807, 2.05) is 55.1 Å². The zero-order valence-electron chi connectivity index (χ0n) is 17.1. The van der Waals surface area contributed by atoms with Crippen molar-refractivity contribution in [3.8, 4) is 11.5 Å². The molecule has 0 saturated carbocycles. The molecule has 1 atom stereocenters. The first kappa shape index (κ1) is 21.0. The fraction of sp³-hybridized carbons (Fsp3) is 0.304. The molecule has 3 rings (SSSR count). The lowest BCUT2D eigenvalue weighted by Crippen LogP contribution is -2.30. The van der Waals surface area contributed by atoms with E-state index < -0.39 is 0 Å². The number of oxazole rings is 1. The molecule has 5 nitrogen and oxygen atoms in total. The summed E-state index contributed by atoms with van der Waals surface area (Å²) in [6.45, 7) is 6.90. The summed E-state index contributed by atoms with van der Waals surface area (Å²) in [5, 5.41) is 6.37. The average molecular weight is 410 g/mol. The van der Waals surface area contributed by atoms with Crippen molar-refractivity contribution in [1.29, 1.82) is 0 Å². The van der Waals surface area contributed by atoms with Crippen LogP contribution in [-0.2, 0) is 6.42 Å². The van der Waals surface area contributed by atoms with E-state index in [1.165, 1.54) is 4.90 Å². The predicted molar refractivity (Wildman–Crippen MR) is 119 cm³/mol. The molecule has 2 aromatic carbocycles. The van der Waals surface area contributed by atoms with E-state index in [0.29, 0.717) is 24.1 Å². The Morgan fingerprint density at radius 2 is 2.00 bits per heavy atom. The second-order valence-electron chi connectivity index (χ2n) is 6.95. The monoisotopic (exact) mass is 409 g/mol. The lowest BCUT2D eigenvalue weighted by Gasteiger charge is -2.13. The van der Waals surface area contributed by atoms with Gasteiger partial charge in [0.05, 0.1) is 5.69 Å². The number of carbonyl (C=O) groups excluding carboxylic acids is 1. The van der Waals surface area contributed by atoms with Gasteiger partial charge in [-0.3, -0.25) is 0 Å². The van der Waals surface area contributed by atoms with Gasteiger partial charge < -0.3 is 15.1 Å². The number of hydrogen-bond acceptors (Lipinski definition) is 4. The third-order valence-electron chi connectivity index (χ3n) is 4.60. The number of aryl methyl sites for hydroxylation is 1. The minimum absolute atomic E-state index is 0.220. The van der Waals surface area contributed by atoms with Crippen LogP contribution in [0.15, 0.2) is 64.1 Å². The van der Waals surface area contributed by atoms with Gasteiger partial charge in [-0.25, -0.2) is 9.78 Å². The highest BCUT2D eigenvalue weighted by molar-refractivity contribution is 7.99. The zero-order valence-corrected chi connectivity index (χ0v) is 17.9. The Kier molecular flexibility index (Phi) is 7.36. The number of thioether (sulfide) groups is 1. The summed E-state index contributed by atoms with van der Waals surface area (Å²) in [6, 6.07) is 15.7. The SMILES string of the molecule is CCC(C)Sc1ccc(NC(=O)NCCc2coc(-c3ccccc3)n2)c(C)c1. The number of benzene rings is 2. The second kappa shape index (κ2) is 10.2. The molecule has 3 aromatic rings. The van der Waals surface area contributed by atoms with E-state index in [9.17, 15) is 4.79 Å². The third-order valence-corrected chi connectivity index (χ3v) is 5.86. The van der Waals surface area contributed by atoms with Gasteiger partial charge in [-0.15, -0.1) is 11.8 Å². The molecule has 0 radical (unpaired) electrons. The molecule has 0 fully saturated rings. The Balaban J connectivity index is 1.47. The molecular weight excluding hydrogens is 382 g/mol. The fourth-order valence-electron chi connectivity index (χ4n) is 2.77. The summed E-state index contributed by atoms with van der Waals surface area (Å²) in [6.07, 6.45) is 3.37. The quantitative estimate of drug-likeness (QED) is 0.454. The predicted octanol–water partition coefficient (Wildman–Crippen LogP) is 5.90. The highest BCUT2D eigenvalue weighted by Gasteiger charge is 2.09. The van der Waals surface area contributed by atoms with Crippen LogP contribution in [0.25, 0.3) is 11.5 Å². The molecule has 0 aliphatic carbocycles. The zero-order chi connectivity index (χ0) is 20.6. The first-order valence-electron chi connectivity index (χ1n) is 9.87. The van der Waals surface area contributed by atoms with Crippen LogP contribution in [0.2, 0.25) is 0 Å². The molecule has 0 bridgehead atoms. The summed E-state index contributed by atoms with van der Waals surface area (Å²) < 4.78 is 5.52. The van der Waals surface area contributed by atoms with Crippen LogP contribution in [0.4, 0.5) is 10.5 Å². The number of nitrogens with one attached hydrogen (secondary N) is 2. The normalized spacial score (nSPS) is 11.8. The van der Waals surface area contributed by atoms with Gasteiger partial charge in [-0.05, 0) is 49.2 Å². The second-order valence-corrected chi connectivity index (χ2v) is 8.47. The van der Waals surface area contributed by atoms with Crippen LogP contribution in [0.5, 0.6) is 0 Å². The smallest absolute Gasteiger partial charge is 0.319 e. The van der Waals surface area contributed by atoms with Crippen molar-refractivity contribution in [1.82, 2.24) is 10.3 Å². The maximum Gasteiger partial charge on any atom is 0.319 e. The van der Waals surface area contributed by atoms with Crippen molar-refractivity contribution in [3.05, 3.63) is 66.1 Å². The topological polar surface area (TPSA) is 67.2 Å². The van der Waals surface area contributed by atoms with Crippen molar-refractivity contribution < 1.29 is 9.21 Å². The van der Waals surface area contributed by atoms with Crippen molar-refractivity contribution in [2.24, 2.45) is 0 Å². The first-order valence-corrected chi connectivity index (χ1v) is 10.7. The number of nitrogens with zero attached hydrogens (tertiary/aromatic N) is 1. The molecule has 29 heavy (non-hydrogen) atoms. The van der Waals surface area contributed by atoms with Crippen molar-refractivity contribution >= 4 is 23.5 Å². The van der Waals surface area contributed by atoms with Gasteiger partial charge in [0, 0.05) is 34.4 Å². The number of rotatable bonds is 8. The molecule has 0 aliphatic rings. The summed E-state index contributed by atoms with van der Waals surface area (Å²) in [4.78, 5) is 17.9. The van der Waals surface area contributed by atoms with Gasteiger partial charge in [-0.2, -0.15) is 0 Å². The van der Waals surface area contributed by atoms with Crippen LogP contribution in [0.1, 0.15) is 31.5 Å². The van der Waals surface area contributed by atoms with Crippen LogP contribution in [0.3, 0.4) is 0 Å². The molecule has 1 aromatic heterocycles. The fourth-order valence-corrected chi connectivity index (χ4v) is 3.79. The van der Waals surface area contributed by atoms with Gasteiger partial charge >= 0.3 is 6.03 Å². The number of urea groups is 1. The van der Waals surface area contributed by atoms with Gasteiger partial charge in [0.25, 0.3) is 0 Å². The van der Waals surface area contributed by atoms with Gasteiger partial charge in [0.2, 0.25) is 5.89 Å². The summed E-state index contributed by atoms with van der Waals surface area (Å²) in [5.74, 6) is 0.594. The highest BCUT2D eigenvalue weighted by Crippen LogP contribution is 2.28. The lowest BCUT2D eigenvalue weighted by molar-refractivity contribution is 0.252. The Morgan fingerprint density at radius 1 is 1.21 bits per heavy atom. The highest BCUT2D eigenvalue weighted by atomic mass is 32.2. The molecule has 2 amide bonds. The number of hydrogen-bond donors (Lipinski definition) is 2. The van der Waals surface area contributed by atoms with Crippen molar-refractivity contribution in [2.45, 2.75) is 43.8 Å². The maximum absolute atomic E-state index is 12.2. The van der Waals surface area contributed by atoms with Gasteiger partial charge in [0.1, 0.15) is 6.26 Å². The van der Waals surface area contributed by atoms with E-state index in [2.05, 4.69) is 41.6 Å². The van der Waals surface area contributed by atoms with Crippen molar-refractivity contribution in [2.75, 3.05) is 11.9 Å². The van der Waals surface area contributed by atoms with E-state index in [-0.39, 0.29) is 6.03 Å². The van der Waals surface area contributed by atoms with Crippen molar-refractivity contribution in [3.63, 3.8) is 0 Å². The summed E-state index contributed by atoms with van der Waals surface area (Å²) >= 11 is 1.85. The Bertz CT molecular complexity index is 940. The number of amides is 2. The number of aromatic nitrogens is 1. The van der Waals surface area contributed by atoms with Crippen LogP contribution in [-0.4, -0.2) is 22.8 Å². The molecule has 0 spiro atoms. The Hall–Kier alpha value is -2.73. The van der Waals surface area contributed by atoms with Crippen LogP contribution in [0, 0.1) is 6.92 Å². The third kappa shape index (κ3) is 6.12. The Morgan fingerprint density at radius 3 is 2.72 bits per heavy atom. The first-order chi connectivity index (χ1) is 14.0. The molecule has 152 valence electrons. The van der Waals surface area contributed by atoms with Gasteiger partial charge in [-0.1, -0.05) is 32.0 Å². The average Bonchev–Trinajstić information content (AvgIpc) is 3.19. The van der Waals surface area contributed by atoms with E-state index in [0.717, 1.165) is 28.9 Å². The Labute approximate surface area is 176 Å². The van der Waals surface area contributed by atoms with E-state index in [1.54, 1.807) is 6.26 Å². The molecule has 2 N–H and O–H groups in total. The molecule has 0 saturated heterocycles. The largest absolute Gasteiger partial charge is 0.444 e. The van der Waals surface area contributed by atoms with Crippen LogP contribution >= 0.6 is 11.8 Å². The molecular formula is C23H27N3O2S. The molecule has 0 aliphatic heterocycles.